The van der Waals surface area contributed by atoms with Gasteiger partial charge in [-0.1, -0.05) is 12.1 Å². The summed E-state index contributed by atoms with van der Waals surface area (Å²) in [7, 11) is 8.40. The molecule has 0 bridgehead atoms. The van der Waals surface area contributed by atoms with Gasteiger partial charge in [-0.05, 0) is 59.7 Å². The minimum atomic E-state index is 0.216. The summed E-state index contributed by atoms with van der Waals surface area (Å²) in [6.07, 6.45) is 0.216. The first kappa shape index (κ1) is 18.0. The van der Waals surface area contributed by atoms with Gasteiger partial charge in [-0.15, -0.1) is 0 Å². The molecule has 0 aliphatic heterocycles. The van der Waals surface area contributed by atoms with Gasteiger partial charge in [0.25, 0.3) is 0 Å². The second-order valence-electron chi connectivity index (χ2n) is 6.14. The van der Waals surface area contributed by atoms with Gasteiger partial charge in [0.1, 0.15) is 5.75 Å². The maximum Gasteiger partial charge on any atom is 0.119 e. The Balaban J connectivity index is 2.58. The zero-order valence-electron chi connectivity index (χ0n) is 14.4. The third-order valence-electron chi connectivity index (χ3n) is 3.43. The maximum absolute atomic E-state index is 5.69. The minimum Gasteiger partial charge on any atom is -0.491 e. The van der Waals surface area contributed by atoms with Crippen LogP contribution in [0.2, 0.25) is 0 Å². The van der Waals surface area contributed by atoms with Crippen molar-refractivity contribution in [2.45, 2.75) is 26.0 Å². The fraction of sp³-hybridized carbons (Fsp3) is 0.647. The molecule has 1 rings (SSSR count). The fourth-order valence-electron chi connectivity index (χ4n) is 2.19. The van der Waals surface area contributed by atoms with Gasteiger partial charge < -0.3 is 19.9 Å². The van der Waals surface area contributed by atoms with E-state index in [2.05, 4.69) is 60.5 Å². The van der Waals surface area contributed by atoms with Crippen molar-refractivity contribution >= 4 is 0 Å². The number of nitrogens with zero attached hydrogens (tertiary/aromatic N) is 2. The summed E-state index contributed by atoms with van der Waals surface area (Å²) in [4.78, 5) is 4.57. The van der Waals surface area contributed by atoms with E-state index >= 15 is 0 Å². The van der Waals surface area contributed by atoms with E-state index in [9.17, 15) is 0 Å². The Morgan fingerprint density at radius 1 is 1.05 bits per heavy atom. The third-order valence-corrected chi connectivity index (χ3v) is 3.43. The highest BCUT2D eigenvalue weighted by molar-refractivity contribution is 5.29. The summed E-state index contributed by atoms with van der Waals surface area (Å²) >= 11 is 0. The van der Waals surface area contributed by atoms with Gasteiger partial charge in [0.15, 0.2) is 0 Å². The van der Waals surface area contributed by atoms with Crippen LogP contribution in [0.4, 0.5) is 0 Å². The molecule has 4 heteroatoms. The molecule has 0 spiro atoms. The monoisotopic (exact) mass is 293 g/mol. The van der Waals surface area contributed by atoms with Crippen LogP contribution >= 0.6 is 0 Å². The Morgan fingerprint density at radius 3 is 2.14 bits per heavy atom. The molecule has 0 amide bonds. The average Bonchev–Trinajstić information content (AvgIpc) is 2.43. The van der Waals surface area contributed by atoms with E-state index in [1.165, 1.54) is 5.56 Å². The molecule has 0 saturated carbocycles. The largest absolute Gasteiger partial charge is 0.491 e. The highest BCUT2D eigenvalue weighted by Crippen LogP contribution is 2.19. The lowest BCUT2D eigenvalue weighted by atomic mass is 10.1. The second-order valence-corrected chi connectivity index (χ2v) is 6.14. The molecule has 4 nitrogen and oxygen atoms in total. The molecule has 21 heavy (non-hydrogen) atoms. The van der Waals surface area contributed by atoms with E-state index in [4.69, 9.17) is 4.74 Å². The van der Waals surface area contributed by atoms with Gasteiger partial charge in [0, 0.05) is 25.7 Å². The van der Waals surface area contributed by atoms with Crippen LogP contribution in [-0.4, -0.2) is 63.7 Å². The number of likely N-dealkylation sites (N-methyl/N-ethyl adjacent to an activating group) is 3. The van der Waals surface area contributed by atoms with E-state index in [0.29, 0.717) is 6.04 Å². The molecule has 1 atom stereocenters. The highest BCUT2D eigenvalue weighted by atomic mass is 16.5. The fourth-order valence-corrected chi connectivity index (χ4v) is 2.19. The van der Waals surface area contributed by atoms with E-state index in [1.807, 2.05) is 20.9 Å². The average molecular weight is 293 g/mol. The van der Waals surface area contributed by atoms with Crippen molar-refractivity contribution in [1.82, 2.24) is 15.1 Å². The van der Waals surface area contributed by atoms with E-state index in [0.717, 1.165) is 25.4 Å². The normalized spacial score (nSPS) is 13.2. The molecule has 0 heterocycles. The van der Waals surface area contributed by atoms with Crippen molar-refractivity contribution in [1.29, 1.82) is 0 Å². The molecule has 0 aliphatic rings. The standard InChI is InChI=1S/C17H31N3O/c1-14(2)21-16-9-7-15(8-10-16)17(18-3)13-20(6)12-11-19(4)5/h7-10,14,17-18H,11-13H2,1-6H3. The number of hydrogen-bond donors (Lipinski definition) is 1. The van der Waals surface area contributed by atoms with Crippen molar-refractivity contribution in [2.24, 2.45) is 0 Å². The Kier molecular flexibility index (Phi) is 7.72. The molecule has 1 aromatic carbocycles. The van der Waals surface area contributed by atoms with Crippen molar-refractivity contribution in [2.75, 3.05) is 47.8 Å². The van der Waals surface area contributed by atoms with Gasteiger partial charge in [0.2, 0.25) is 0 Å². The molecule has 0 aromatic heterocycles. The topological polar surface area (TPSA) is 27.7 Å². The molecule has 1 N–H and O–H groups in total. The van der Waals surface area contributed by atoms with Gasteiger partial charge in [-0.3, -0.25) is 0 Å². The van der Waals surface area contributed by atoms with Gasteiger partial charge in [-0.2, -0.15) is 0 Å². The molecule has 120 valence electrons. The van der Waals surface area contributed by atoms with Gasteiger partial charge in [-0.25, -0.2) is 0 Å². The van der Waals surface area contributed by atoms with Crippen LogP contribution in [0.3, 0.4) is 0 Å². The summed E-state index contributed by atoms with van der Waals surface area (Å²) in [5.41, 5.74) is 1.30. The SMILES string of the molecule is CNC(CN(C)CCN(C)C)c1ccc(OC(C)C)cc1. The highest BCUT2D eigenvalue weighted by Gasteiger charge is 2.12. The third kappa shape index (κ3) is 6.93. The summed E-state index contributed by atoms with van der Waals surface area (Å²) in [5, 5.41) is 3.40. The lowest BCUT2D eigenvalue weighted by Crippen LogP contribution is -2.35. The van der Waals surface area contributed by atoms with Crippen LogP contribution in [0, 0.1) is 0 Å². The smallest absolute Gasteiger partial charge is 0.119 e. The number of hydrogen-bond acceptors (Lipinski definition) is 4. The van der Waals surface area contributed by atoms with Gasteiger partial charge >= 0.3 is 0 Å². The Bertz CT molecular complexity index is 390. The molecule has 0 fully saturated rings. The summed E-state index contributed by atoms with van der Waals surface area (Å²) in [6.45, 7) is 7.23. The van der Waals surface area contributed by atoms with E-state index in [-0.39, 0.29) is 6.10 Å². The summed E-state index contributed by atoms with van der Waals surface area (Å²) in [5.74, 6) is 0.935. The first-order valence-corrected chi connectivity index (χ1v) is 7.69. The van der Waals surface area contributed by atoms with E-state index in [1.54, 1.807) is 0 Å². The van der Waals surface area contributed by atoms with Crippen molar-refractivity contribution < 1.29 is 4.74 Å². The van der Waals surface area contributed by atoms with Crippen LogP contribution in [-0.2, 0) is 0 Å². The van der Waals surface area contributed by atoms with Crippen LogP contribution in [0.5, 0.6) is 5.75 Å². The number of rotatable bonds is 9. The lowest BCUT2D eigenvalue weighted by molar-refractivity contribution is 0.242. The second kappa shape index (κ2) is 9.03. The van der Waals surface area contributed by atoms with Crippen LogP contribution in [0.25, 0.3) is 0 Å². The Morgan fingerprint density at radius 2 is 1.67 bits per heavy atom. The Labute approximate surface area is 130 Å². The molecule has 1 unspecified atom stereocenters. The Hall–Kier alpha value is -1.10. The summed E-state index contributed by atoms with van der Waals surface area (Å²) in [6, 6.07) is 8.75. The number of nitrogens with one attached hydrogen (secondary N) is 1. The van der Waals surface area contributed by atoms with Crippen molar-refractivity contribution in [3.63, 3.8) is 0 Å². The molecule has 0 aliphatic carbocycles. The summed E-state index contributed by atoms with van der Waals surface area (Å²) < 4.78 is 5.69. The van der Waals surface area contributed by atoms with Gasteiger partial charge in [0.05, 0.1) is 6.10 Å². The van der Waals surface area contributed by atoms with E-state index < -0.39 is 0 Å². The molecule has 0 saturated heterocycles. The lowest BCUT2D eigenvalue weighted by Gasteiger charge is -2.25. The minimum absolute atomic E-state index is 0.216. The van der Waals surface area contributed by atoms with Crippen LogP contribution < -0.4 is 10.1 Å². The zero-order valence-corrected chi connectivity index (χ0v) is 14.4. The quantitative estimate of drug-likeness (QED) is 0.755. The van der Waals surface area contributed by atoms with Crippen molar-refractivity contribution in [3.05, 3.63) is 29.8 Å². The first-order valence-electron chi connectivity index (χ1n) is 7.69. The number of ether oxygens (including phenoxy) is 1. The number of benzene rings is 1. The predicted molar refractivity (Wildman–Crippen MR) is 90.1 cm³/mol. The van der Waals surface area contributed by atoms with Crippen LogP contribution in [0.1, 0.15) is 25.5 Å². The maximum atomic E-state index is 5.69. The molecule has 1 aromatic rings. The first-order chi connectivity index (χ1) is 9.92. The molecule has 0 radical (unpaired) electrons. The molecular weight excluding hydrogens is 262 g/mol. The predicted octanol–water partition coefficient (Wildman–Crippen LogP) is 2.23. The zero-order chi connectivity index (χ0) is 15.8. The molecular formula is C17H31N3O. The van der Waals surface area contributed by atoms with Crippen molar-refractivity contribution in [3.8, 4) is 5.75 Å². The van der Waals surface area contributed by atoms with Crippen LogP contribution in [0.15, 0.2) is 24.3 Å².